The summed E-state index contributed by atoms with van der Waals surface area (Å²) < 4.78 is 16.8. The SMILES string of the molecule is CCOc1cc(/C=N/NC(=O)COc2cc(C(C)C)ccc2C)ccc1OC(=O)c1ccc(Cl)cc1. The van der Waals surface area contributed by atoms with E-state index in [2.05, 4.69) is 30.4 Å². The molecule has 0 unspecified atom stereocenters. The molecule has 0 bridgehead atoms. The van der Waals surface area contributed by atoms with E-state index in [4.69, 9.17) is 25.8 Å². The molecule has 0 radical (unpaired) electrons. The van der Waals surface area contributed by atoms with Gasteiger partial charge in [-0.05, 0) is 85.0 Å². The predicted molar refractivity (Wildman–Crippen MR) is 141 cm³/mol. The van der Waals surface area contributed by atoms with Gasteiger partial charge in [-0.2, -0.15) is 5.10 Å². The molecule has 7 nitrogen and oxygen atoms in total. The van der Waals surface area contributed by atoms with Gasteiger partial charge in [-0.1, -0.05) is 37.6 Å². The third-order valence-corrected chi connectivity index (χ3v) is 5.44. The van der Waals surface area contributed by atoms with Gasteiger partial charge in [0.1, 0.15) is 5.75 Å². The summed E-state index contributed by atoms with van der Waals surface area (Å²) in [5.74, 6) is 0.754. The van der Waals surface area contributed by atoms with Gasteiger partial charge in [0.05, 0.1) is 18.4 Å². The molecule has 0 aliphatic heterocycles. The summed E-state index contributed by atoms with van der Waals surface area (Å²) in [6.07, 6.45) is 1.47. The Morgan fingerprint density at radius 2 is 1.72 bits per heavy atom. The zero-order chi connectivity index (χ0) is 26.1. The summed E-state index contributed by atoms with van der Waals surface area (Å²) in [5.41, 5.74) is 5.56. The highest BCUT2D eigenvalue weighted by atomic mass is 35.5. The van der Waals surface area contributed by atoms with E-state index in [0.29, 0.717) is 40.2 Å². The largest absolute Gasteiger partial charge is 0.490 e. The summed E-state index contributed by atoms with van der Waals surface area (Å²) in [6, 6.07) is 17.4. The fraction of sp³-hybridized carbons (Fsp3) is 0.250. The first-order chi connectivity index (χ1) is 17.3. The Bertz CT molecular complexity index is 1240. The quantitative estimate of drug-likeness (QED) is 0.159. The molecule has 3 rings (SSSR count). The number of hydrazone groups is 1. The Kier molecular flexibility index (Phi) is 9.47. The Morgan fingerprint density at radius 1 is 0.972 bits per heavy atom. The molecule has 0 aliphatic carbocycles. The molecule has 36 heavy (non-hydrogen) atoms. The van der Waals surface area contributed by atoms with Gasteiger partial charge in [-0.15, -0.1) is 0 Å². The molecule has 8 heteroatoms. The van der Waals surface area contributed by atoms with Crippen LogP contribution in [0.1, 0.15) is 53.7 Å². The van der Waals surface area contributed by atoms with Crippen LogP contribution >= 0.6 is 11.6 Å². The number of nitrogens with one attached hydrogen (secondary N) is 1. The van der Waals surface area contributed by atoms with E-state index < -0.39 is 5.97 Å². The minimum atomic E-state index is -0.532. The first-order valence-corrected chi connectivity index (χ1v) is 11.9. The fourth-order valence-electron chi connectivity index (χ4n) is 3.19. The van der Waals surface area contributed by atoms with E-state index in [1.165, 1.54) is 6.21 Å². The van der Waals surface area contributed by atoms with Crippen LogP contribution in [0, 0.1) is 6.92 Å². The molecule has 188 valence electrons. The first kappa shape index (κ1) is 26.8. The van der Waals surface area contributed by atoms with Crippen LogP contribution < -0.4 is 19.6 Å². The second kappa shape index (κ2) is 12.7. The van der Waals surface area contributed by atoms with Gasteiger partial charge in [0, 0.05) is 5.02 Å². The van der Waals surface area contributed by atoms with Crippen molar-refractivity contribution in [2.75, 3.05) is 13.2 Å². The van der Waals surface area contributed by atoms with Crippen LogP contribution in [-0.4, -0.2) is 31.3 Å². The van der Waals surface area contributed by atoms with Crippen LogP contribution in [0.2, 0.25) is 5.02 Å². The van der Waals surface area contributed by atoms with E-state index >= 15 is 0 Å². The number of carbonyl (C=O) groups excluding carboxylic acids is 2. The summed E-state index contributed by atoms with van der Waals surface area (Å²) >= 11 is 5.87. The molecular weight excluding hydrogens is 480 g/mol. The molecule has 0 heterocycles. The third kappa shape index (κ3) is 7.58. The standard InChI is InChI=1S/C28H29ClN2O5/c1-5-34-26-14-20(7-13-24(26)36-28(33)21-9-11-23(29)12-10-21)16-30-31-27(32)17-35-25-15-22(18(2)3)8-6-19(25)4/h6-16,18H,5,17H2,1-4H3,(H,31,32)/b30-16+. The maximum absolute atomic E-state index is 12.4. The average Bonchev–Trinajstić information content (AvgIpc) is 2.85. The Morgan fingerprint density at radius 3 is 2.42 bits per heavy atom. The van der Waals surface area contributed by atoms with Gasteiger partial charge in [0.25, 0.3) is 5.91 Å². The lowest BCUT2D eigenvalue weighted by Crippen LogP contribution is -2.24. The van der Waals surface area contributed by atoms with Crippen molar-refractivity contribution < 1.29 is 23.8 Å². The second-order valence-corrected chi connectivity index (χ2v) is 8.73. The minimum absolute atomic E-state index is 0.163. The van der Waals surface area contributed by atoms with Crippen molar-refractivity contribution in [2.45, 2.75) is 33.6 Å². The Balaban J connectivity index is 1.60. The summed E-state index contributed by atoms with van der Waals surface area (Å²) in [7, 11) is 0. The van der Waals surface area contributed by atoms with Crippen molar-refractivity contribution in [1.29, 1.82) is 0 Å². The van der Waals surface area contributed by atoms with Gasteiger partial charge >= 0.3 is 5.97 Å². The number of halogens is 1. The number of hydrogen-bond acceptors (Lipinski definition) is 6. The topological polar surface area (TPSA) is 86.2 Å². The lowest BCUT2D eigenvalue weighted by molar-refractivity contribution is -0.123. The van der Waals surface area contributed by atoms with Gasteiger partial charge in [-0.25, -0.2) is 10.2 Å². The zero-order valence-electron chi connectivity index (χ0n) is 20.7. The van der Waals surface area contributed by atoms with E-state index in [-0.39, 0.29) is 18.3 Å². The van der Waals surface area contributed by atoms with Crippen molar-refractivity contribution in [3.05, 3.63) is 87.9 Å². The van der Waals surface area contributed by atoms with Crippen molar-refractivity contribution in [3.8, 4) is 17.2 Å². The number of esters is 1. The molecule has 0 fully saturated rings. The Labute approximate surface area is 216 Å². The highest BCUT2D eigenvalue weighted by molar-refractivity contribution is 6.30. The monoisotopic (exact) mass is 508 g/mol. The number of carbonyl (C=O) groups is 2. The normalized spacial score (nSPS) is 10.9. The average molecular weight is 509 g/mol. The van der Waals surface area contributed by atoms with Crippen LogP contribution in [-0.2, 0) is 4.79 Å². The molecule has 3 aromatic rings. The van der Waals surface area contributed by atoms with Crippen LogP contribution in [0.3, 0.4) is 0 Å². The number of amides is 1. The lowest BCUT2D eigenvalue weighted by atomic mass is 10.0. The zero-order valence-corrected chi connectivity index (χ0v) is 21.5. The molecule has 3 aromatic carbocycles. The van der Waals surface area contributed by atoms with Gasteiger partial charge < -0.3 is 14.2 Å². The molecule has 0 spiro atoms. The summed E-state index contributed by atoms with van der Waals surface area (Å²) in [6.45, 7) is 8.17. The molecule has 0 saturated carbocycles. The molecular formula is C28H29ClN2O5. The Hall–Kier alpha value is -3.84. The van der Waals surface area contributed by atoms with Gasteiger partial charge in [-0.3, -0.25) is 4.79 Å². The lowest BCUT2D eigenvalue weighted by Gasteiger charge is -2.12. The maximum Gasteiger partial charge on any atom is 0.343 e. The van der Waals surface area contributed by atoms with Crippen molar-refractivity contribution in [1.82, 2.24) is 5.43 Å². The number of hydrogen-bond donors (Lipinski definition) is 1. The van der Waals surface area contributed by atoms with E-state index in [1.807, 2.05) is 26.0 Å². The third-order valence-electron chi connectivity index (χ3n) is 5.19. The molecule has 0 aromatic heterocycles. The van der Waals surface area contributed by atoms with Gasteiger partial charge in [0.15, 0.2) is 18.1 Å². The maximum atomic E-state index is 12.4. The highest BCUT2D eigenvalue weighted by Gasteiger charge is 2.13. The molecule has 1 amide bonds. The first-order valence-electron chi connectivity index (χ1n) is 11.6. The molecule has 1 N–H and O–H groups in total. The number of aryl methyl sites for hydroxylation is 1. The fourth-order valence-corrected chi connectivity index (χ4v) is 3.31. The van der Waals surface area contributed by atoms with E-state index in [0.717, 1.165) is 11.1 Å². The number of rotatable bonds is 10. The number of nitrogens with zero attached hydrogens (tertiary/aromatic N) is 1. The number of ether oxygens (including phenoxy) is 3. The second-order valence-electron chi connectivity index (χ2n) is 8.30. The van der Waals surface area contributed by atoms with Gasteiger partial charge in [0.2, 0.25) is 0 Å². The van der Waals surface area contributed by atoms with Crippen molar-refractivity contribution >= 4 is 29.7 Å². The molecule has 0 atom stereocenters. The molecule has 0 saturated heterocycles. The van der Waals surface area contributed by atoms with E-state index in [9.17, 15) is 9.59 Å². The number of benzene rings is 3. The van der Waals surface area contributed by atoms with Crippen molar-refractivity contribution in [3.63, 3.8) is 0 Å². The van der Waals surface area contributed by atoms with Crippen LogP contribution in [0.4, 0.5) is 0 Å². The van der Waals surface area contributed by atoms with Crippen LogP contribution in [0.15, 0.2) is 65.8 Å². The van der Waals surface area contributed by atoms with Crippen LogP contribution in [0.25, 0.3) is 0 Å². The predicted octanol–water partition coefficient (Wildman–Crippen LogP) is 5.92. The molecule has 0 aliphatic rings. The minimum Gasteiger partial charge on any atom is -0.490 e. The van der Waals surface area contributed by atoms with E-state index in [1.54, 1.807) is 42.5 Å². The van der Waals surface area contributed by atoms with Crippen molar-refractivity contribution in [2.24, 2.45) is 5.10 Å². The van der Waals surface area contributed by atoms with Crippen LogP contribution in [0.5, 0.6) is 17.2 Å². The smallest absolute Gasteiger partial charge is 0.343 e. The summed E-state index contributed by atoms with van der Waals surface area (Å²) in [4.78, 5) is 24.6. The summed E-state index contributed by atoms with van der Waals surface area (Å²) in [5, 5.41) is 4.52. The highest BCUT2D eigenvalue weighted by Crippen LogP contribution is 2.29.